The monoisotopic (exact) mass is 215 g/mol. The van der Waals surface area contributed by atoms with E-state index >= 15 is 0 Å². The molecule has 4 heteroatoms. The molecule has 0 aliphatic heterocycles. The smallest absolute Gasteiger partial charge is 0.166 e. The van der Waals surface area contributed by atoms with Crippen molar-refractivity contribution in [2.24, 2.45) is 0 Å². The first-order chi connectivity index (χ1) is 7.70. The number of hydrogen-bond donors (Lipinski definition) is 2. The van der Waals surface area contributed by atoms with Gasteiger partial charge in [-0.15, -0.1) is 0 Å². The van der Waals surface area contributed by atoms with Crippen LogP contribution in [0.4, 0.5) is 11.5 Å². The van der Waals surface area contributed by atoms with Crippen LogP contribution in [-0.4, -0.2) is 12.1 Å². The van der Waals surface area contributed by atoms with E-state index in [1.54, 1.807) is 13.2 Å². The first-order valence-electron chi connectivity index (χ1n) is 4.87. The molecule has 0 bridgehead atoms. The van der Waals surface area contributed by atoms with E-state index in [2.05, 4.69) is 4.98 Å². The molecule has 1 aromatic heterocycles. The number of benzene rings is 1. The van der Waals surface area contributed by atoms with Crippen LogP contribution < -0.4 is 16.2 Å². The highest BCUT2D eigenvalue weighted by atomic mass is 16.5. The Hall–Kier alpha value is -2.23. The molecule has 0 saturated carbocycles. The Kier molecular flexibility index (Phi) is 2.64. The second-order valence-electron chi connectivity index (χ2n) is 3.41. The molecule has 4 nitrogen and oxygen atoms in total. The fourth-order valence-electron chi connectivity index (χ4n) is 1.45. The first-order valence-corrected chi connectivity index (χ1v) is 4.87. The maximum absolute atomic E-state index is 5.74. The fourth-order valence-corrected chi connectivity index (χ4v) is 1.45. The summed E-state index contributed by atoms with van der Waals surface area (Å²) < 4.78 is 5.05. The van der Waals surface area contributed by atoms with E-state index < -0.39 is 0 Å². The van der Waals surface area contributed by atoms with Crippen LogP contribution in [0.15, 0.2) is 36.4 Å². The average Bonchev–Trinajstić information content (AvgIpc) is 2.30. The molecular weight excluding hydrogens is 202 g/mol. The van der Waals surface area contributed by atoms with Crippen molar-refractivity contribution < 1.29 is 4.74 Å². The van der Waals surface area contributed by atoms with Gasteiger partial charge in [0.1, 0.15) is 0 Å². The van der Waals surface area contributed by atoms with Crippen molar-refractivity contribution in [3.05, 3.63) is 36.4 Å². The number of ether oxygens (including phenoxy) is 1. The summed E-state index contributed by atoms with van der Waals surface area (Å²) in [4.78, 5) is 4.26. The van der Waals surface area contributed by atoms with E-state index in [0.29, 0.717) is 11.6 Å². The molecule has 1 heterocycles. The van der Waals surface area contributed by atoms with Crippen molar-refractivity contribution in [3.63, 3.8) is 0 Å². The van der Waals surface area contributed by atoms with Crippen LogP contribution in [0.2, 0.25) is 0 Å². The lowest BCUT2D eigenvalue weighted by Crippen LogP contribution is -1.96. The number of aromatic nitrogens is 1. The Labute approximate surface area is 93.9 Å². The van der Waals surface area contributed by atoms with Gasteiger partial charge in [0.15, 0.2) is 11.6 Å². The lowest BCUT2D eigenvalue weighted by atomic mass is 10.1. The van der Waals surface area contributed by atoms with Crippen molar-refractivity contribution in [1.29, 1.82) is 0 Å². The highest BCUT2D eigenvalue weighted by Gasteiger charge is 2.04. The van der Waals surface area contributed by atoms with Gasteiger partial charge in [0.2, 0.25) is 0 Å². The van der Waals surface area contributed by atoms with Gasteiger partial charge >= 0.3 is 0 Å². The number of nitrogens with zero attached hydrogens (tertiary/aromatic N) is 1. The van der Waals surface area contributed by atoms with E-state index in [9.17, 15) is 0 Å². The minimum atomic E-state index is 0.386. The molecular formula is C12H13N3O. The van der Waals surface area contributed by atoms with Crippen LogP contribution in [0.5, 0.6) is 5.75 Å². The Balaban J connectivity index is 2.41. The van der Waals surface area contributed by atoms with E-state index in [-0.39, 0.29) is 0 Å². The van der Waals surface area contributed by atoms with E-state index in [1.165, 1.54) is 0 Å². The number of nitrogens with two attached hydrogens (primary N) is 2. The molecule has 1 aromatic carbocycles. The predicted octanol–water partition coefficient (Wildman–Crippen LogP) is 1.92. The zero-order valence-electron chi connectivity index (χ0n) is 8.97. The third-order valence-electron chi connectivity index (χ3n) is 2.31. The van der Waals surface area contributed by atoms with Crippen LogP contribution in [-0.2, 0) is 0 Å². The van der Waals surface area contributed by atoms with Gasteiger partial charge in [-0.3, -0.25) is 0 Å². The standard InChI is InChI=1S/C12H13N3O/c1-16-11-7-6-10(15-12(11)14)8-2-4-9(13)5-3-8/h2-7H,13H2,1H3,(H2,14,15). The Morgan fingerprint density at radius 1 is 1.00 bits per heavy atom. The Bertz CT molecular complexity index is 494. The van der Waals surface area contributed by atoms with Crippen LogP contribution in [0.25, 0.3) is 11.3 Å². The van der Waals surface area contributed by atoms with Gasteiger partial charge in [-0.2, -0.15) is 0 Å². The van der Waals surface area contributed by atoms with E-state index in [1.807, 2.05) is 30.3 Å². The summed E-state index contributed by atoms with van der Waals surface area (Å²) >= 11 is 0. The van der Waals surface area contributed by atoms with Gasteiger partial charge in [0.05, 0.1) is 12.8 Å². The van der Waals surface area contributed by atoms with E-state index in [0.717, 1.165) is 16.9 Å². The summed E-state index contributed by atoms with van der Waals surface area (Å²) in [6.45, 7) is 0. The Morgan fingerprint density at radius 2 is 1.69 bits per heavy atom. The predicted molar refractivity (Wildman–Crippen MR) is 65.0 cm³/mol. The molecule has 0 atom stereocenters. The molecule has 16 heavy (non-hydrogen) atoms. The molecule has 4 N–H and O–H groups in total. The topological polar surface area (TPSA) is 74.2 Å². The molecule has 2 aromatic rings. The minimum absolute atomic E-state index is 0.386. The summed E-state index contributed by atoms with van der Waals surface area (Å²) in [5.74, 6) is 0.969. The van der Waals surface area contributed by atoms with Crippen LogP contribution in [0.3, 0.4) is 0 Å². The molecule has 0 aliphatic carbocycles. The lowest BCUT2D eigenvalue weighted by Gasteiger charge is -2.06. The van der Waals surface area contributed by atoms with Gasteiger partial charge in [-0.1, -0.05) is 12.1 Å². The molecule has 0 saturated heterocycles. The molecule has 82 valence electrons. The third kappa shape index (κ3) is 1.91. The number of nitrogen functional groups attached to an aromatic ring is 2. The lowest BCUT2D eigenvalue weighted by molar-refractivity contribution is 0.415. The van der Waals surface area contributed by atoms with Gasteiger partial charge in [0, 0.05) is 11.3 Å². The summed E-state index contributed by atoms with van der Waals surface area (Å²) in [5.41, 5.74) is 13.9. The van der Waals surface area contributed by atoms with Crippen molar-refractivity contribution in [2.75, 3.05) is 18.6 Å². The van der Waals surface area contributed by atoms with Crippen molar-refractivity contribution in [1.82, 2.24) is 4.98 Å². The average molecular weight is 215 g/mol. The largest absolute Gasteiger partial charge is 0.493 e. The van der Waals surface area contributed by atoms with Crippen LogP contribution in [0.1, 0.15) is 0 Å². The molecule has 0 fully saturated rings. The van der Waals surface area contributed by atoms with Crippen LogP contribution >= 0.6 is 0 Å². The highest BCUT2D eigenvalue weighted by molar-refractivity contribution is 5.65. The molecule has 0 amide bonds. The normalized spacial score (nSPS) is 10.1. The number of pyridine rings is 1. The zero-order valence-corrected chi connectivity index (χ0v) is 8.97. The molecule has 0 unspecified atom stereocenters. The Morgan fingerprint density at radius 3 is 2.25 bits per heavy atom. The maximum Gasteiger partial charge on any atom is 0.166 e. The van der Waals surface area contributed by atoms with Gasteiger partial charge in [0.25, 0.3) is 0 Å². The third-order valence-corrected chi connectivity index (χ3v) is 2.31. The number of rotatable bonds is 2. The minimum Gasteiger partial charge on any atom is -0.493 e. The van der Waals surface area contributed by atoms with Crippen LogP contribution in [0, 0.1) is 0 Å². The summed E-state index contributed by atoms with van der Waals surface area (Å²) in [6, 6.07) is 11.1. The number of methoxy groups -OCH3 is 1. The SMILES string of the molecule is COc1ccc(-c2ccc(N)cc2)nc1N. The van der Waals surface area contributed by atoms with Crippen molar-refractivity contribution in [2.45, 2.75) is 0 Å². The maximum atomic E-state index is 5.74. The summed E-state index contributed by atoms with van der Waals surface area (Å²) in [7, 11) is 1.57. The molecule has 0 spiro atoms. The number of hydrogen-bond acceptors (Lipinski definition) is 4. The zero-order chi connectivity index (χ0) is 11.5. The summed E-state index contributed by atoms with van der Waals surface area (Å²) in [6.07, 6.45) is 0. The number of anilines is 2. The fraction of sp³-hybridized carbons (Fsp3) is 0.0833. The van der Waals surface area contributed by atoms with E-state index in [4.69, 9.17) is 16.2 Å². The van der Waals surface area contributed by atoms with Crippen molar-refractivity contribution >= 4 is 11.5 Å². The summed E-state index contributed by atoms with van der Waals surface area (Å²) in [5, 5.41) is 0. The first kappa shape index (κ1) is 10.3. The molecule has 0 radical (unpaired) electrons. The van der Waals surface area contributed by atoms with Gasteiger partial charge < -0.3 is 16.2 Å². The highest BCUT2D eigenvalue weighted by Crippen LogP contribution is 2.24. The molecule has 2 rings (SSSR count). The molecule has 0 aliphatic rings. The quantitative estimate of drug-likeness (QED) is 0.750. The van der Waals surface area contributed by atoms with Gasteiger partial charge in [-0.25, -0.2) is 4.98 Å². The second-order valence-corrected chi connectivity index (χ2v) is 3.41. The second kappa shape index (κ2) is 4.10. The van der Waals surface area contributed by atoms with Crippen molar-refractivity contribution in [3.8, 4) is 17.0 Å². The van der Waals surface area contributed by atoms with Gasteiger partial charge in [-0.05, 0) is 24.3 Å².